The molecule has 0 radical (unpaired) electrons. The van der Waals surface area contributed by atoms with Crippen molar-refractivity contribution in [3.8, 4) is 11.6 Å². The Morgan fingerprint density at radius 3 is 3.00 bits per heavy atom. The largest absolute Gasteiger partial charge is 0.430 e. The topological polar surface area (TPSA) is 96.0 Å². The molecule has 19 heavy (non-hydrogen) atoms. The first-order valence-electron chi connectivity index (χ1n) is 5.47. The number of hydrogen-bond donors (Lipinski definition) is 0. The van der Waals surface area contributed by atoms with Crippen molar-refractivity contribution in [3.63, 3.8) is 0 Å². The molecule has 0 N–H and O–H groups in total. The number of rotatable bonds is 5. The molecular formula is C10H10ClN5O3. The highest BCUT2D eigenvalue weighted by atomic mass is 35.5. The Kier molecular flexibility index (Phi) is 3.91. The fourth-order valence-electron chi connectivity index (χ4n) is 1.40. The molecule has 0 amide bonds. The van der Waals surface area contributed by atoms with E-state index in [1.165, 1.54) is 6.20 Å². The molecule has 2 heterocycles. The Bertz CT molecular complexity index is 601. The van der Waals surface area contributed by atoms with Crippen LogP contribution in [-0.4, -0.2) is 24.7 Å². The zero-order valence-corrected chi connectivity index (χ0v) is 10.7. The number of nitro groups is 1. The molecule has 0 atom stereocenters. The summed E-state index contributed by atoms with van der Waals surface area (Å²) in [5, 5.41) is 14.7. The van der Waals surface area contributed by atoms with E-state index in [1.54, 1.807) is 10.9 Å². The van der Waals surface area contributed by atoms with Gasteiger partial charge in [0.15, 0.2) is 5.75 Å². The normalized spacial score (nSPS) is 10.4. The molecule has 0 aliphatic rings. The summed E-state index contributed by atoms with van der Waals surface area (Å²) in [4.78, 5) is 17.4. The molecule has 0 fully saturated rings. The highest BCUT2D eigenvalue weighted by Crippen LogP contribution is 2.29. The molecule has 0 bridgehead atoms. The van der Waals surface area contributed by atoms with E-state index in [2.05, 4.69) is 15.1 Å². The van der Waals surface area contributed by atoms with Gasteiger partial charge in [0.2, 0.25) is 5.28 Å². The van der Waals surface area contributed by atoms with Crippen LogP contribution in [0.2, 0.25) is 5.28 Å². The molecule has 9 heteroatoms. The molecule has 0 aromatic carbocycles. The molecule has 0 spiro atoms. The van der Waals surface area contributed by atoms with Gasteiger partial charge in [0, 0.05) is 6.54 Å². The number of nitrogens with zero attached hydrogens (tertiary/aromatic N) is 5. The van der Waals surface area contributed by atoms with Gasteiger partial charge in [0.05, 0.1) is 17.3 Å². The summed E-state index contributed by atoms with van der Waals surface area (Å²) >= 11 is 5.60. The van der Waals surface area contributed by atoms with Crippen molar-refractivity contribution in [2.24, 2.45) is 0 Å². The minimum atomic E-state index is -0.637. The summed E-state index contributed by atoms with van der Waals surface area (Å²) in [5.41, 5.74) is -0.354. The van der Waals surface area contributed by atoms with Crippen LogP contribution >= 0.6 is 11.6 Å². The smallest absolute Gasteiger partial charge is 0.349 e. The van der Waals surface area contributed by atoms with Crippen molar-refractivity contribution in [3.05, 3.63) is 34.0 Å². The fourth-order valence-corrected chi connectivity index (χ4v) is 1.53. The predicted molar refractivity (Wildman–Crippen MR) is 66.3 cm³/mol. The van der Waals surface area contributed by atoms with Crippen LogP contribution in [0.25, 0.3) is 0 Å². The van der Waals surface area contributed by atoms with Crippen molar-refractivity contribution in [1.82, 2.24) is 19.7 Å². The zero-order valence-electron chi connectivity index (χ0n) is 9.99. The molecule has 100 valence electrons. The molecule has 8 nitrogen and oxygen atoms in total. The standard InChI is InChI=1S/C10H10ClN5O3/c1-2-3-15-6-7(4-13-15)19-9-8(16(17)18)5-12-10(11)14-9/h4-6H,2-3H2,1H3. The van der Waals surface area contributed by atoms with Gasteiger partial charge in [-0.1, -0.05) is 6.92 Å². The lowest BCUT2D eigenvalue weighted by Crippen LogP contribution is -1.98. The van der Waals surface area contributed by atoms with Gasteiger partial charge in [-0.3, -0.25) is 14.8 Å². The van der Waals surface area contributed by atoms with E-state index < -0.39 is 4.92 Å². The van der Waals surface area contributed by atoms with Gasteiger partial charge in [-0.25, -0.2) is 4.98 Å². The van der Waals surface area contributed by atoms with E-state index in [9.17, 15) is 10.1 Å². The highest BCUT2D eigenvalue weighted by molar-refractivity contribution is 6.28. The van der Waals surface area contributed by atoms with Crippen molar-refractivity contribution in [2.45, 2.75) is 19.9 Å². The van der Waals surface area contributed by atoms with Gasteiger partial charge in [0.1, 0.15) is 6.20 Å². The van der Waals surface area contributed by atoms with Crippen LogP contribution in [-0.2, 0) is 6.54 Å². The van der Waals surface area contributed by atoms with E-state index in [0.717, 1.165) is 19.2 Å². The number of aromatic nitrogens is 4. The maximum Gasteiger partial charge on any atom is 0.349 e. The van der Waals surface area contributed by atoms with Crippen molar-refractivity contribution in [2.75, 3.05) is 0 Å². The van der Waals surface area contributed by atoms with Gasteiger partial charge in [-0.15, -0.1) is 0 Å². The molecule has 0 saturated heterocycles. The Labute approximate surface area is 113 Å². The molecule has 0 aliphatic carbocycles. The molecule has 0 saturated carbocycles. The summed E-state index contributed by atoms with van der Waals surface area (Å²) < 4.78 is 6.99. The summed E-state index contributed by atoms with van der Waals surface area (Å²) in [6, 6.07) is 0. The quantitative estimate of drug-likeness (QED) is 0.475. The van der Waals surface area contributed by atoms with Crippen molar-refractivity contribution in [1.29, 1.82) is 0 Å². The van der Waals surface area contributed by atoms with E-state index in [1.807, 2.05) is 6.92 Å². The van der Waals surface area contributed by atoms with Gasteiger partial charge in [-0.05, 0) is 18.0 Å². The van der Waals surface area contributed by atoms with Crippen LogP contribution < -0.4 is 4.74 Å². The first-order valence-corrected chi connectivity index (χ1v) is 5.85. The number of halogens is 1. The van der Waals surface area contributed by atoms with Crippen LogP contribution in [0.4, 0.5) is 5.69 Å². The maximum absolute atomic E-state index is 10.8. The Balaban J connectivity index is 2.26. The lowest BCUT2D eigenvalue weighted by atomic mass is 10.5. The van der Waals surface area contributed by atoms with Crippen LogP contribution in [0, 0.1) is 10.1 Å². The van der Waals surface area contributed by atoms with Crippen molar-refractivity contribution < 1.29 is 9.66 Å². The van der Waals surface area contributed by atoms with Gasteiger partial charge in [-0.2, -0.15) is 10.1 Å². The monoisotopic (exact) mass is 283 g/mol. The zero-order chi connectivity index (χ0) is 13.8. The highest BCUT2D eigenvalue weighted by Gasteiger charge is 2.19. The maximum atomic E-state index is 10.8. The fraction of sp³-hybridized carbons (Fsp3) is 0.300. The third kappa shape index (κ3) is 3.16. The Morgan fingerprint density at radius 1 is 1.53 bits per heavy atom. The molecule has 0 unspecified atom stereocenters. The van der Waals surface area contributed by atoms with Crippen molar-refractivity contribution >= 4 is 17.3 Å². The second-order valence-electron chi connectivity index (χ2n) is 3.63. The Morgan fingerprint density at radius 2 is 2.32 bits per heavy atom. The van der Waals surface area contributed by atoms with Gasteiger partial charge < -0.3 is 4.74 Å². The number of ether oxygens (including phenoxy) is 1. The summed E-state index contributed by atoms with van der Waals surface area (Å²) in [7, 11) is 0. The number of aryl methyl sites for hydroxylation is 1. The van der Waals surface area contributed by atoms with Crippen LogP contribution in [0.5, 0.6) is 11.6 Å². The van der Waals surface area contributed by atoms with Crippen LogP contribution in [0.15, 0.2) is 18.6 Å². The lowest BCUT2D eigenvalue weighted by Gasteiger charge is -2.02. The molecule has 2 rings (SSSR count). The lowest BCUT2D eigenvalue weighted by molar-refractivity contribution is -0.386. The van der Waals surface area contributed by atoms with E-state index in [-0.39, 0.29) is 16.9 Å². The minimum absolute atomic E-state index is 0.124. The summed E-state index contributed by atoms with van der Waals surface area (Å²) in [6.07, 6.45) is 5.00. The third-order valence-corrected chi connectivity index (χ3v) is 2.36. The first-order chi connectivity index (χ1) is 9.10. The second kappa shape index (κ2) is 5.61. The molecular weight excluding hydrogens is 274 g/mol. The average Bonchev–Trinajstić information content (AvgIpc) is 2.77. The molecule has 0 aliphatic heterocycles. The SMILES string of the molecule is CCCn1cc(Oc2nc(Cl)ncc2[N+](=O)[O-])cn1. The van der Waals surface area contributed by atoms with E-state index in [4.69, 9.17) is 16.3 Å². The van der Waals surface area contributed by atoms with Gasteiger partial charge >= 0.3 is 11.6 Å². The van der Waals surface area contributed by atoms with E-state index in [0.29, 0.717) is 5.75 Å². The van der Waals surface area contributed by atoms with Crippen LogP contribution in [0.1, 0.15) is 13.3 Å². The summed E-state index contributed by atoms with van der Waals surface area (Å²) in [5.74, 6) is 0.146. The molecule has 2 aromatic rings. The van der Waals surface area contributed by atoms with E-state index >= 15 is 0 Å². The van der Waals surface area contributed by atoms with Crippen LogP contribution in [0.3, 0.4) is 0 Å². The number of hydrogen-bond acceptors (Lipinski definition) is 6. The second-order valence-corrected chi connectivity index (χ2v) is 3.97. The first kappa shape index (κ1) is 13.2. The average molecular weight is 284 g/mol. The predicted octanol–water partition coefficient (Wildman–Crippen LogP) is 2.44. The Hall–Kier alpha value is -2.22. The molecule has 2 aromatic heterocycles. The third-order valence-electron chi connectivity index (χ3n) is 2.18. The minimum Gasteiger partial charge on any atom is -0.430 e. The summed E-state index contributed by atoms with van der Waals surface area (Å²) in [6.45, 7) is 2.74. The van der Waals surface area contributed by atoms with Gasteiger partial charge in [0.25, 0.3) is 0 Å².